The first-order chi connectivity index (χ1) is 6.70. The molecule has 1 saturated carbocycles. The Morgan fingerprint density at radius 1 is 1.36 bits per heavy atom. The van der Waals surface area contributed by atoms with E-state index in [0.29, 0.717) is 0 Å². The lowest BCUT2D eigenvalue weighted by Gasteiger charge is -2.23. The van der Waals surface area contributed by atoms with Crippen LogP contribution in [0.4, 0.5) is 5.69 Å². The van der Waals surface area contributed by atoms with Crippen molar-refractivity contribution in [2.45, 2.75) is 31.8 Å². The van der Waals surface area contributed by atoms with Gasteiger partial charge in [0.15, 0.2) is 0 Å². The third-order valence-electron chi connectivity index (χ3n) is 2.90. The van der Waals surface area contributed by atoms with E-state index in [9.17, 15) is 0 Å². The number of hydrogen-bond donors (Lipinski definition) is 1. The summed E-state index contributed by atoms with van der Waals surface area (Å²) >= 11 is 0. The predicted octanol–water partition coefficient (Wildman–Crippen LogP) is 2.30. The van der Waals surface area contributed by atoms with Crippen LogP contribution in [0.1, 0.15) is 31.4 Å². The third kappa shape index (κ3) is 1.75. The molecule has 2 rings (SSSR count). The number of nitrogens with two attached hydrogens (primary N) is 1. The van der Waals surface area contributed by atoms with Gasteiger partial charge in [-0.3, -0.25) is 0 Å². The molecule has 1 aromatic rings. The van der Waals surface area contributed by atoms with E-state index in [-0.39, 0.29) is 6.04 Å². The Morgan fingerprint density at radius 3 is 2.57 bits per heavy atom. The first kappa shape index (κ1) is 9.53. The van der Waals surface area contributed by atoms with Gasteiger partial charge in [-0.2, -0.15) is 0 Å². The maximum absolute atomic E-state index is 5.95. The molecule has 76 valence electrons. The highest BCUT2D eigenvalue weighted by Crippen LogP contribution is 2.33. The number of benzene rings is 1. The minimum atomic E-state index is 0.118. The van der Waals surface area contributed by atoms with Crippen LogP contribution < -0.4 is 10.6 Å². The molecule has 1 aromatic carbocycles. The fraction of sp³-hybridized carbons (Fsp3) is 0.500. The standard InChI is InChI=1S/C12H18N2/c1-9(13)11-5-3-4-6-12(11)14(2)10-7-8-10/h3-6,9-10H,7-8,13H2,1-2H3/t9-/m1/s1. The number of para-hydroxylation sites is 1. The van der Waals surface area contributed by atoms with Gasteiger partial charge < -0.3 is 10.6 Å². The lowest BCUT2D eigenvalue weighted by Crippen LogP contribution is -2.22. The van der Waals surface area contributed by atoms with E-state index < -0.39 is 0 Å². The van der Waals surface area contributed by atoms with E-state index in [4.69, 9.17) is 5.73 Å². The van der Waals surface area contributed by atoms with Crippen molar-refractivity contribution < 1.29 is 0 Å². The molecule has 1 atom stereocenters. The van der Waals surface area contributed by atoms with Gasteiger partial charge in [-0.25, -0.2) is 0 Å². The second-order valence-corrected chi connectivity index (χ2v) is 4.19. The van der Waals surface area contributed by atoms with Crippen molar-refractivity contribution in [2.75, 3.05) is 11.9 Å². The molecule has 0 unspecified atom stereocenters. The smallest absolute Gasteiger partial charge is 0.0414 e. The quantitative estimate of drug-likeness (QED) is 0.792. The SMILES string of the molecule is C[C@@H](N)c1ccccc1N(C)C1CC1. The van der Waals surface area contributed by atoms with Crippen LogP contribution in [0.25, 0.3) is 0 Å². The Labute approximate surface area is 85.7 Å². The number of hydrogen-bond acceptors (Lipinski definition) is 2. The second kappa shape index (κ2) is 3.62. The molecule has 0 bridgehead atoms. The van der Waals surface area contributed by atoms with Crippen molar-refractivity contribution >= 4 is 5.69 Å². The van der Waals surface area contributed by atoms with Gasteiger partial charge in [0, 0.05) is 24.8 Å². The van der Waals surface area contributed by atoms with E-state index in [2.05, 4.69) is 36.2 Å². The molecular formula is C12H18N2. The molecule has 0 spiro atoms. The van der Waals surface area contributed by atoms with E-state index >= 15 is 0 Å². The highest BCUT2D eigenvalue weighted by molar-refractivity contribution is 5.55. The Balaban J connectivity index is 2.30. The van der Waals surface area contributed by atoms with Crippen LogP contribution in [-0.2, 0) is 0 Å². The van der Waals surface area contributed by atoms with Crippen LogP contribution in [0.5, 0.6) is 0 Å². The van der Waals surface area contributed by atoms with Crippen molar-refractivity contribution in [3.8, 4) is 0 Å². The molecule has 0 amide bonds. The van der Waals surface area contributed by atoms with E-state index in [1.54, 1.807) is 0 Å². The van der Waals surface area contributed by atoms with Crippen molar-refractivity contribution in [3.05, 3.63) is 29.8 Å². The molecule has 0 heterocycles. The van der Waals surface area contributed by atoms with Crippen molar-refractivity contribution in [1.82, 2.24) is 0 Å². The largest absolute Gasteiger partial charge is 0.371 e. The highest BCUT2D eigenvalue weighted by atomic mass is 15.2. The first-order valence-electron chi connectivity index (χ1n) is 5.27. The van der Waals surface area contributed by atoms with Crippen molar-refractivity contribution in [1.29, 1.82) is 0 Å². The third-order valence-corrected chi connectivity index (χ3v) is 2.90. The molecule has 0 aromatic heterocycles. The van der Waals surface area contributed by atoms with Gasteiger partial charge in [0.2, 0.25) is 0 Å². The Kier molecular flexibility index (Phi) is 2.46. The van der Waals surface area contributed by atoms with Crippen LogP contribution in [0, 0.1) is 0 Å². The first-order valence-corrected chi connectivity index (χ1v) is 5.27. The molecule has 0 aliphatic heterocycles. The summed E-state index contributed by atoms with van der Waals surface area (Å²) in [5.41, 5.74) is 8.49. The Hall–Kier alpha value is -1.02. The summed E-state index contributed by atoms with van der Waals surface area (Å²) in [7, 11) is 2.17. The van der Waals surface area contributed by atoms with Gasteiger partial charge in [0.25, 0.3) is 0 Å². The summed E-state index contributed by atoms with van der Waals surface area (Å²) in [5.74, 6) is 0. The lowest BCUT2D eigenvalue weighted by atomic mass is 10.1. The molecule has 1 fully saturated rings. The molecule has 0 radical (unpaired) electrons. The fourth-order valence-electron chi connectivity index (χ4n) is 1.85. The van der Waals surface area contributed by atoms with Gasteiger partial charge in [-0.1, -0.05) is 18.2 Å². The summed E-state index contributed by atoms with van der Waals surface area (Å²) in [6.07, 6.45) is 2.65. The Bertz CT molecular complexity index is 316. The van der Waals surface area contributed by atoms with Gasteiger partial charge in [0.05, 0.1) is 0 Å². The maximum atomic E-state index is 5.95. The molecular weight excluding hydrogens is 172 g/mol. The summed E-state index contributed by atoms with van der Waals surface area (Å²) in [5, 5.41) is 0. The zero-order valence-corrected chi connectivity index (χ0v) is 8.90. The average Bonchev–Trinajstić information content (AvgIpc) is 3.00. The fourth-order valence-corrected chi connectivity index (χ4v) is 1.85. The van der Waals surface area contributed by atoms with Gasteiger partial charge in [-0.15, -0.1) is 0 Å². The van der Waals surface area contributed by atoms with Gasteiger partial charge in [-0.05, 0) is 31.4 Å². The van der Waals surface area contributed by atoms with E-state index in [1.165, 1.54) is 24.1 Å². The minimum Gasteiger partial charge on any atom is -0.371 e. The van der Waals surface area contributed by atoms with Gasteiger partial charge in [0.1, 0.15) is 0 Å². The van der Waals surface area contributed by atoms with Crippen LogP contribution >= 0.6 is 0 Å². The number of anilines is 1. The molecule has 2 heteroatoms. The molecule has 0 saturated heterocycles. The van der Waals surface area contributed by atoms with Crippen LogP contribution in [-0.4, -0.2) is 13.1 Å². The summed E-state index contributed by atoms with van der Waals surface area (Å²) < 4.78 is 0. The monoisotopic (exact) mass is 190 g/mol. The molecule has 2 nitrogen and oxygen atoms in total. The number of rotatable bonds is 3. The number of nitrogens with zero attached hydrogens (tertiary/aromatic N) is 1. The highest BCUT2D eigenvalue weighted by Gasteiger charge is 2.27. The summed E-state index contributed by atoms with van der Waals surface area (Å²) in [6, 6.07) is 9.29. The van der Waals surface area contributed by atoms with Gasteiger partial charge >= 0.3 is 0 Å². The van der Waals surface area contributed by atoms with Crippen LogP contribution in [0.2, 0.25) is 0 Å². The average molecular weight is 190 g/mol. The Morgan fingerprint density at radius 2 is 2.00 bits per heavy atom. The van der Waals surface area contributed by atoms with Crippen LogP contribution in [0.15, 0.2) is 24.3 Å². The predicted molar refractivity (Wildman–Crippen MR) is 60.5 cm³/mol. The molecule has 2 N–H and O–H groups in total. The van der Waals surface area contributed by atoms with E-state index in [1.807, 2.05) is 6.92 Å². The molecule has 14 heavy (non-hydrogen) atoms. The summed E-state index contributed by atoms with van der Waals surface area (Å²) in [4.78, 5) is 2.36. The van der Waals surface area contributed by atoms with Crippen LogP contribution in [0.3, 0.4) is 0 Å². The second-order valence-electron chi connectivity index (χ2n) is 4.19. The molecule has 1 aliphatic rings. The normalized spacial score (nSPS) is 17.9. The van der Waals surface area contributed by atoms with E-state index in [0.717, 1.165) is 6.04 Å². The minimum absolute atomic E-state index is 0.118. The van der Waals surface area contributed by atoms with Crippen molar-refractivity contribution in [3.63, 3.8) is 0 Å². The summed E-state index contributed by atoms with van der Waals surface area (Å²) in [6.45, 7) is 2.04. The zero-order valence-electron chi connectivity index (χ0n) is 8.90. The van der Waals surface area contributed by atoms with Crippen molar-refractivity contribution in [2.24, 2.45) is 5.73 Å². The zero-order chi connectivity index (χ0) is 10.1. The lowest BCUT2D eigenvalue weighted by molar-refractivity contribution is 0.800. The maximum Gasteiger partial charge on any atom is 0.0414 e. The molecule has 1 aliphatic carbocycles. The topological polar surface area (TPSA) is 29.3 Å².